The van der Waals surface area contributed by atoms with Crippen LogP contribution in [0.3, 0.4) is 0 Å². The molecule has 0 radical (unpaired) electrons. The fourth-order valence-electron chi connectivity index (χ4n) is 1.75. The van der Waals surface area contributed by atoms with Crippen LogP contribution in [0.5, 0.6) is 5.75 Å². The maximum absolute atomic E-state index is 11.5. The molecule has 0 saturated carbocycles. The fourth-order valence-corrected chi connectivity index (χ4v) is 2.03. The predicted molar refractivity (Wildman–Crippen MR) is 74.1 cm³/mol. The summed E-state index contributed by atoms with van der Waals surface area (Å²) >= 11 is 11.6. The normalized spacial score (nSPS) is 17.7. The second-order valence-corrected chi connectivity index (χ2v) is 5.17. The lowest BCUT2D eigenvalue weighted by molar-refractivity contribution is -0.146. The van der Waals surface area contributed by atoms with Gasteiger partial charge in [-0.2, -0.15) is 0 Å². The Morgan fingerprint density at radius 1 is 1.35 bits per heavy atom. The van der Waals surface area contributed by atoms with E-state index in [1.807, 2.05) is 0 Å². The first-order chi connectivity index (χ1) is 9.54. The Kier molecular flexibility index (Phi) is 5.09. The molecule has 20 heavy (non-hydrogen) atoms. The largest absolute Gasteiger partial charge is 0.482 e. The van der Waals surface area contributed by atoms with Gasteiger partial charge in [0.2, 0.25) is 5.91 Å². The summed E-state index contributed by atoms with van der Waals surface area (Å²) in [6.07, 6.45) is 1.15. The molecular weight excluding hydrogens is 305 g/mol. The predicted octanol–water partition coefficient (Wildman–Crippen LogP) is 2.19. The quantitative estimate of drug-likeness (QED) is 0.845. The first-order valence-corrected chi connectivity index (χ1v) is 6.83. The molecule has 0 aromatic heterocycles. The van der Waals surface area contributed by atoms with Crippen molar-refractivity contribution in [3.8, 4) is 5.75 Å². The van der Waals surface area contributed by atoms with Crippen molar-refractivity contribution in [3.05, 3.63) is 28.2 Å². The summed E-state index contributed by atoms with van der Waals surface area (Å²) in [7, 11) is 0. The Morgan fingerprint density at radius 2 is 2.15 bits per heavy atom. The Hall–Kier alpha value is -1.46. The van der Waals surface area contributed by atoms with Gasteiger partial charge in [-0.05, 0) is 18.6 Å². The molecule has 1 heterocycles. The second kappa shape index (κ2) is 6.81. The van der Waals surface area contributed by atoms with Crippen LogP contribution in [0.1, 0.15) is 12.8 Å². The summed E-state index contributed by atoms with van der Waals surface area (Å²) in [5, 5.41) is 3.48. The van der Waals surface area contributed by atoms with E-state index in [0.717, 1.165) is 0 Å². The van der Waals surface area contributed by atoms with E-state index in [4.69, 9.17) is 32.7 Å². The number of hydrogen-bond donors (Lipinski definition) is 1. The zero-order valence-electron chi connectivity index (χ0n) is 10.5. The van der Waals surface area contributed by atoms with Crippen LogP contribution >= 0.6 is 23.2 Å². The lowest BCUT2D eigenvalue weighted by atomic mass is 10.2. The highest BCUT2D eigenvalue weighted by Crippen LogP contribution is 2.26. The third kappa shape index (κ3) is 4.28. The molecule has 1 unspecified atom stereocenters. The van der Waals surface area contributed by atoms with E-state index in [2.05, 4.69) is 5.32 Å². The van der Waals surface area contributed by atoms with Gasteiger partial charge in [-0.15, -0.1) is 0 Å². The van der Waals surface area contributed by atoms with E-state index < -0.39 is 5.97 Å². The van der Waals surface area contributed by atoms with Crippen molar-refractivity contribution in [2.45, 2.75) is 18.9 Å². The van der Waals surface area contributed by atoms with E-state index in [1.165, 1.54) is 6.07 Å². The average Bonchev–Trinajstić information content (AvgIpc) is 2.83. The molecule has 1 aromatic carbocycles. The third-order valence-corrected chi connectivity index (χ3v) is 3.52. The number of carbonyl (C=O) groups is 2. The minimum absolute atomic E-state index is 0.0156. The van der Waals surface area contributed by atoms with Crippen LogP contribution in [-0.4, -0.2) is 31.1 Å². The highest BCUT2D eigenvalue weighted by atomic mass is 35.5. The van der Waals surface area contributed by atoms with Crippen LogP contribution in [0.2, 0.25) is 10.0 Å². The lowest BCUT2D eigenvalue weighted by Gasteiger charge is -2.11. The number of carbonyl (C=O) groups excluding carboxylic acids is 2. The topological polar surface area (TPSA) is 64.6 Å². The number of halogens is 2. The number of hydrogen-bond acceptors (Lipinski definition) is 4. The zero-order valence-corrected chi connectivity index (χ0v) is 12.0. The van der Waals surface area contributed by atoms with E-state index in [-0.39, 0.29) is 25.2 Å². The van der Waals surface area contributed by atoms with Gasteiger partial charge in [-0.1, -0.05) is 23.2 Å². The number of nitrogens with one attached hydrogen (secondary N) is 1. The van der Waals surface area contributed by atoms with Crippen molar-refractivity contribution in [1.82, 2.24) is 5.32 Å². The van der Waals surface area contributed by atoms with Crippen LogP contribution in [-0.2, 0) is 14.3 Å². The van der Waals surface area contributed by atoms with Crippen molar-refractivity contribution < 1.29 is 19.1 Å². The Morgan fingerprint density at radius 3 is 2.80 bits per heavy atom. The van der Waals surface area contributed by atoms with Crippen LogP contribution in [0, 0.1) is 0 Å². The molecule has 1 saturated heterocycles. The van der Waals surface area contributed by atoms with E-state index >= 15 is 0 Å². The lowest BCUT2D eigenvalue weighted by Crippen LogP contribution is -2.31. The number of amides is 1. The molecule has 1 aromatic rings. The number of rotatable bonds is 5. The van der Waals surface area contributed by atoms with Crippen LogP contribution in [0.25, 0.3) is 0 Å². The number of benzene rings is 1. The van der Waals surface area contributed by atoms with Gasteiger partial charge in [0.1, 0.15) is 12.4 Å². The van der Waals surface area contributed by atoms with Gasteiger partial charge in [0.15, 0.2) is 6.61 Å². The third-order valence-electron chi connectivity index (χ3n) is 2.78. The first kappa shape index (κ1) is 14.9. The van der Waals surface area contributed by atoms with E-state index in [0.29, 0.717) is 28.6 Å². The summed E-state index contributed by atoms with van der Waals surface area (Å²) < 4.78 is 10.2. The molecule has 108 valence electrons. The van der Waals surface area contributed by atoms with Crippen molar-refractivity contribution in [2.24, 2.45) is 0 Å². The molecular formula is C13H13Cl2NO4. The maximum Gasteiger partial charge on any atom is 0.344 e. The molecule has 1 fully saturated rings. The van der Waals surface area contributed by atoms with E-state index in [1.54, 1.807) is 12.1 Å². The minimum Gasteiger partial charge on any atom is -0.482 e. The van der Waals surface area contributed by atoms with Gasteiger partial charge in [0.05, 0.1) is 16.1 Å². The van der Waals surface area contributed by atoms with Gasteiger partial charge < -0.3 is 14.8 Å². The smallest absolute Gasteiger partial charge is 0.344 e. The van der Waals surface area contributed by atoms with Crippen LogP contribution in [0.15, 0.2) is 18.2 Å². The molecule has 7 heteroatoms. The summed E-state index contributed by atoms with van der Waals surface area (Å²) in [5.74, 6) is -0.0826. The highest BCUT2D eigenvalue weighted by molar-refractivity contribution is 6.42. The summed E-state index contributed by atoms with van der Waals surface area (Å²) in [5.41, 5.74) is 0. The van der Waals surface area contributed by atoms with Gasteiger partial charge in [-0.3, -0.25) is 4.79 Å². The zero-order chi connectivity index (χ0) is 14.5. The standard InChI is InChI=1S/C13H13Cl2NO4/c14-10-3-2-9(5-11(10)15)19-7-13(18)20-6-8-1-4-12(17)16-8/h2-3,5,8H,1,4,6-7H2,(H,16,17). The maximum atomic E-state index is 11.5. The molecule has 1 aliphatic heterocycles. The molecule has 2 rings (SSSR count). The van der Waals surface area contributed by atoms with Gasteiger partial charge in [-0.25, -0.2) is 4.79 Å². The molecule has 1 aliphatic rings. The summed E-state index contributed by atoms with van der Waals surface area (Å²) in [6, 6.07) is 4.61. The molecule has 1 N–H and O–H groups in total. The second-order valence-electron chi connectivity index (χ2n) is 4.35. The van der Waals surface area contributed by atoms with Crippen molar-refractivity contribution in [3.63, 3.8) is 0 Å². The molecule has 5 nitrogen and oxygen atoms in total. The Balaban J connectivity index is 1.72. The first-order valence-electron chi connectivity index (χ1n) is 6.07. The monoisotopic (exact) mass is 317 g/mol. The van der Waals surface area contributed by atoms with E-state index in [9.17, 15) is 9.59 Å². The average molecular weight is 318 g/mol. The van der Waals surface area contributed by atoms with Crippen molar-refractivity contribution in [2.75, 3.05) is 13.2 Å². The molecule has 1 atom stereocenters. The van der Waals surface area contributed by atoms with Gasteiger partial charge in [0, 0.05) is 12.5 Å². The number of ether oxygens (including phenoxy) is 2. The van der Waals surface area contributed by atoms with Crippen LogP contribution < -0.4 is 10.1 Å². The van der Waals surface area contributed by atoms with Gasteiger partial charge >= 0.3 is 5.97 Å². The highest BCUT2D eigenvalue weighted by Gasteiger charge is 2.21. The Labute approximate surface area is 126 Å². The van der Waals surface area contributed by atoms with Crippen LogP contribution in [0.4, 0.5) is 0 Å². The minimum atomic E-state index is -0.503. The SMILES string of the molecule is O=C1CCC(COC(=O)COc2ccc(Cl)c(Cl)c2)N1. The summed E-state index contributed by atoms with van der Waals surface area (Å²) in [6.45, 7) is -0.0616. The summed E-state index contributed by atoms with van der Waals surface area (Å²) in [4.78, 5) is 22.5. The Bertz CT molecular complexity index is 521. The van der Waals surface area contributed by atoms with Crippen molar-refractivity contribution >= 4 is 35.1 Å². The fraction of sp³-hybridized carbons (Fsp3) is 0.385. The molecule has 0 aliphatic carbocycles. The van der Waals surface area contributed by atoms with Crippen molar-refractivity contribution in [1.29, 1.82) is 0 Å². The van der Waals surface area contributed by atoms with Gasteiger partial charge in [0.25, 0.3) is 0 Å². The molecule has 1 amide bonds. The molecule has 0 spiro atoms. The molecule has 0 bridgehead atoms. The number of esters is 1.